The lowest BCUT2D eigenvalue weighted by Gasteiger charge is -2.19. The van der Waals surface area contributed by atoms with E-state index in [1.165, 1.54) is 43.2 Å². The van der Waals surface area contributed by atoms with E-state index in [-0.39, 0.29) is 0 Å². The molecule has 1 aromatic carbocycles. The van der Waals surface area contributed by atoms with E-state index < -0.39 is 0 Å². The largest absolute Gasteiger partial charge is 0.343 e. The van der Waals surface area contributed by atoms with Crippen LogP contribution in [0.25, 0.3) is 0 Å². The summed E-state index contributed by atoms with van der Waals surface area (Å²) in [6, 6.07) is 9.25. The van der Waals surface area contributed by atoms with Gasteiger partial charge in [-0.2, -0.15) is 4.98 Å². The molecule has 1 atom stereocenters. The first-order chi connectivity index (χ1) is 9.43. The van der Waals surface area contributed by atoms with Crippen LogP contribution in [0.1, 0.15) is 42.3 Å². The van der Waals surface area contributed by atoms with Crippen LogP contribution < -0.4 is 5.32 Å². The van der Waals surface area contributed by atoms with Crippen molar-refractivity contribution in [3.05, 3.63) is 47.6 Å². The Labute approximate surface area is 113 Å². The van der Waals surface area contributed by atoms with Crippen molar-refractivity contribution in [3.63, 3.8) is 0 Å². The van der Waals surface area contributed by atoms with Gasteiger partial charge < -0.3 is 9.84 Å². The maximum absolute atomic E-state index is 4.74. The minimum Gasteiger partial charge on any atom is -0.343 e. The highest BCUT2D eigenvalue weighted by Crippen LogP contribution is 2.28. The van der Waals surface area contributed by atoms with E-state index in [4.69, 9.17) is 4.52 Å². The van der Waals surface area contributed by atoms with Gasteiger partial charge in [0.05, 0.1) is 0 Å². The number of rotatable bonds is 4. The molecular formula is C15H19N3O. The molecule has 0 spiro atoms. The lowest BCUT2D eigenvalue weighted by atomic mass is 9.99. The summed E-state index contributed by atoms with van der Waals surface area (Å²) >= 11 is 0. The second-order valence-electron chi connectivity index (χ2n) is 5.05. The fraction of sp³-hybridized carbons (Fsp3) is 0.467. The molecule has 1 aliphatic rings. The molecule has 0 bridgehead atoms. The molecule has 19 heavy (non-hydrogen) atoms. The Morgan fingerprint density at radius 1 is 1.26 bits per heavy atom. The average molecular weight is 257 g/mol. The van der Waals surface area contributed by atoms with Crippen LogP contribution in [0.3, 0.4) is 0 Å². The predicted molar refractivity (Wildman–Crippen MR) is 72.7 cm³/mol. The predicted octanol–water partition coefficient (Wildman–Crippen LogP) is 2.67. The Hall–Kier alpha value is -1.68. The first kappa shape index (κ1) is 12.4. The van der Waals surface area contributed by atoms with Crippen LogP contribution in [0.2, 0.25) is 0 Å². The first-order valence-corrected chi connectivity index (χ1v) is 7.00. The van der Waals surface area contributed by atoms with Gasteiger partial charge in [-0.3, -0.25) is 0 Å². The van der Waals surface area contributed by atoms with Crippen LogP contribution in [-0.2, 0) is 12.8 Å². The molecule has 3 rings (SSSR count). The Morgan fingerprint density at radius 3 is 3.11 bits per heavy atom. The van der Waals surface area contributed by atoms with Gasteiger partial charge in [0.1, 0.15) is 0 Å². The van der Waals surface area contributed by atoms with Crippen molar-refractivity contribution in [2.75, 3.05) is 6.54 Å². The van der Waals surface area contributed by atoms with Crippen molar-refractivity contribution in [2.24, 2.45) is 0 Å². The monoisotopic (exact) mass is 257 g/mol. The Kier molecular flexibility index (Phi) is 3.89. The van der Waals surface area contributed by atoms with Crippen molar-refractivity contribution in [1.82, 2.24) is 15.5 Å². The van der Waals surface area contributed by atoms with Gasteiger partial charge in [0.2, 0.25) is 6.39 Å². The van der Waals surface area contributed by atoms with E-state index in [0.29, 0.717) is 6.04 Å². The van der Waals surface area contributed by atoms with Crippen LogP contribution in [0.4, 0.5) is 0 Å². The van der Waals surface area contributed by atoms with Gasteiger partial charge in [0, 0.05) is 19.0 Å². The summed E-state index contributed by atoms with van der Waals surface area (Å²) in [5, 5.41) is 7.47. The zero-order chi connectivity index (χ0) is 12.9. The highest BCUT2D eigenvalue weighted by molar-refractivity contribution is 5.31. The summed E-state index contributed by atoms with van der Waals surface area (Å²) in [5.41, 5.74) is 2.96. The second kappa shape index (κ2) is 5.97. The molecule has 0 amide bonds. The van der Waals surface area contributed by atoms with Crippen LogP contribution in [0.5, 0.6) is 0 Å². The fourth-order valence-electron chi connectivity index (χ4n) is 2.79. The summed E-state index contributed by atoms with van der Waals surface area (Å²) in [5.74, 6) is 0.773. The van der Waals surface area contributed by atoms with Crippen molar-refractivity contribution in [3.8, 4) is 0 Å². The Balaban J connectivity index is 1.63. The molecule has 2 aromatic rings. The molecule has 4 heteroatoms. The highest BCUT2D eigenvalue weighted by atomic mass is 16.5. The summed E-state index contributed by atoms with van der Waals surface area (Å²) in [6.45, 7) is 0.887. The molecule has 1 N–H and O–H groups in total. The smallest absolute Gasteiger partial charge is 0.213 e. The molecule has 1 aromatic heterocycles. The van der Waals surface area contributed by atoms with E-state index in [1.807, 2.05) is 0 Å². The Morgan fingerprint density at radius 2 is 2.21 bits per heavy atom. The molecule has 0 aliphatic heterocycles. The van der Waals surface area contributed by atoms with Crippen molar-refractivity contribution in [1.29, 1.82) is 0 Å². The van der Waals surface area contributed by atoms with E-state index in [2.05, 4.69) is 39.7 Å². The van der Waals surface area contributed by atoms with Crippen LogP contribution in [0.15, 0.2) is 35.2 Å². The lowest BCUT2D eigenvalue weighted by Crippen LogP contribution is -2.24. The summed E-state index contributed by atoms with van der Waals surface area (Å²) in [6.07, 6.45) is 7.20. The molecule has 1 aliphatic carbocycles. The average Bonchev–Trinajstić information content (AvgIpc) is 2.87. The molecule has 0 saturated carbocycles. The molecular weight excluding hydrogens is 238 g/mol. The van der Waals surface area contributed by atoms with Crippen molar-refractivity contribution < 1.29 is 4.52 Å². The lowest BCUT2D eigenvalue weighted by molar-refractivity contribution is 0.407. The van der Waals surface area contributed by atoms with Crippen molar-refractivity contribution in [2.45, 2.75) is 38.1 Å². The van der Waals surface area contributed by atoms with Crippen LogP contribution >= 0.6 is 0 Å². The zero-order valence-corrected chi connectivity index (χ0v) is 11.0. The Bertz CT molecular complexity index is 510. The normalized spacial score (nSPS) is 18.8. The summed E-state index contributed by atoms with van der Waals surface area (Å²) in [4.78, 5) is 4.04. The fourth-order valence-corrected chi connectivity index (χ4v) is 2.79. The number of fused-ring (bicyclic) bond motifs is 1. The van der Waals surface area contributed by atoms with E-state index in [1.54, 1.807) is 0 Å². The van der Waals surface area contributed by atoms with Gasteiger partial charge >= 0.3 is 0 Å². The van der Waals surface area contributed by atoms with Crippen LogP contribution in [-0.4, -0.2) is 16.7 Å². The number of aryl methyl sites for hydroxylation is 1. The van der Waals surface area contributed by atoms with Gasteiger partial charge in [-0.1, -0.05) is 35.8 Å². The van der Waals surface area contributed by atoms with E-state index in [0.717, 1.165) is 18.8 Å². The van der Waals surface area contributed by atoms with Crippen LogP contribution in [0, 0.1) is 0 Å². The number of aromatic nitrogens is 2. The van der Waals surface area contributed by atoms with Gasteiger partial charge in [-0.25, -0.2) is 0 Å². The van der Waals surface area contributed by atoms with Gasteiger partial charge in [0.15, 0.2) is 5.82 Å². The third kappa shape index (κ3) is 3.01. The third-order valence-corrected chi connectivity index (χ3v) is 3.77. The van der Waals surface area contributed by atoms with E-state index >= 15 is 0 Å². The van der Waals surface area contributed by atoms with Crippen molar-refractivity contribution >= 4 is 0 Å². The number of benzene rings is 1. The quantitative estimate of drug-likeness (QED) is 0.856. The number of hydrogen-bond acceptors (Lipinski definition) is 4. The summed E-state index contributed by atoms with van der Waals surface area (Å²) < 4.78 is 4.74. The molecule has 0 fully saturated rings. The maximum atomic E-state index is 4.74. The first-order valence-electron chi connectivity index (χ1n) is 7.00. The number of nitrogens with one attached hydrogen (secondary N) is 1. The maximum Gasteiger partial charge on any atom is 0.213 e. The minimum atomic E-state index is 0.464. The topological polar surface area (TPSA) is 51.0 Å². The SMILES string of the molecule is c1ccc2c(c1)CCCCC2NCCc1ncon1. The second-order valence-corrected chi connectivity index (χ2v) is 5.05. The summed E-state index contributed by atoms with van der Waals surface area (Å²) in [7, 11) is 0. The number of nitrogens with zero attached hydrogens (tertiary/aromatic N) is 2. The third-order valence-electron chi connectivity index (χ3n) is 3.77. The molecule has 0 saturated heterocycles. The number of hydrogen-bond donors (Lipinski definition) is 1. The molecule has 1 unspecified atom stereocenters. The van der Waals surface area contributed by atoms with E-state index in [9.17, 15) is 0 Å². The minimum absolute atomic E-state index is 0.464. The molecule has 4 nitrogen and oxygen atoms in total. The van der Waals surface area contributed by atoms with Gasteiger partial charge in [0.25, 0.3) is 0 Å². The standard InChI is InChI=1S/C15H19N3O/c1-3-7-13-12(5-1)6-2-4-8-14(13)16-10-9-15-17-11-19-18-15/h1,3,5,7,11,14,16H,2,4,6,8-10H2. The molecule has 0 radical (unpaired) electrons. The molecule has 100 valence electrons. The van der Waals surface area contributed by atoms with Gasteiger partial charge in [-0.05, 0) is 30.4 Å². The highest BCUT2D eigenvalue weighted by Gasteiger charge is 2.17. The molecule has 1 heterocycles. The zero-order valence-electron chi connectivity index (χ0n) is 11.0. The van der Waals surface area contributed by atoms with Gasteiger partial charge in [-0.15, -0.1) is 0 Å².